The first-order chi connectivity index (χ1) is 12.0. The maximum Gasteiger partial charge on any atom is 0.282 e. The molecule has 1 fully saturated rings. The van der Waals surface area contributed by atoms with E-state index in [0.717, 1.165) is 12.1 Å². The second kappa shape index (κ2) is 6.98. The maximum absolute atomic E-state index is 13.2. The Hall–Kier alpha value is -2.80. The van der Waals surface area contributed by atoms with Crippen molar-refractivity contribution in [3.05, 3.63) is 75.6 Å². The van der Waals surface area contributed by atoms with Crippen molar-refractivity contribution in [1.82, 2.24) is 10.2 Å². The molecule has 1 heterocycles. The molecule has 25 heavy (non-hydrogen) atoms. The Bertz CT molecular complexity index is 794. The van der Waals surface area contributed by atoms with Gasteiger partial charge in [-0.2, -0.15) is 0 Å². The van der Waals surface area contributed by atoms with Crippen LogP contribution in [-0.4, -0.2) is 35.4 Å². The number of rotatable bonds is 4. The highest BCUT2D eigenvalue weighted by Gasteiger charge is 2.35. The van der Waals surface area contributed by atoms with Crippen molar-refractivity contribution < 1.29 is 14.1 Å². The standard InChI is InChI=1S/C18H18FN3O3/c1-21-11-10-15(17(21)12-6-8-13(19)9-7-12)20-18(23)14-4-2-3-5-16(14)22(24)25/h2-9,15,17H,10-11H2,1H3,(H,20,23)/t15-,17+/m1/s1. The molecular weight excluding hydrogens is 325 g/mol. The molecule has 2 aromatic rings. The summed E-state index contributed by atoms with van der Waals surface area (Å²) < 4.78 is 13.2. The fourth-order valence-electron chi connectivity index (χ4n) is 3.32. The van der Waals surface area contributed by atoms with E-state index >= 15 is 0 Å². The van der Waals surface area contributed by atoms with Crippen molar-refractivity contribution in [3.63, 3.8) is 0 Å². The van der Waals surface area contributed by atoms with Crippen molar-refractivity contribution in [2.75, 3.05) is 13.6 Å². The number of likely N-dealkylation sites (N-methyl/N-ethyl adjacent to an activating group) is 1. The molecular formula is C18H18FN3O3. The molecule has 0 bridgehead atoms. The predicted octanol–water partition coefficient (Wildman–Crippen LogP) is 2.91. The van der Waals surface area contributed by atoms with E-state index < -0.39 is 10.8 Å². The zero-order valence-corrected chi connectivity index (χ0v) is 13.7. The van der Waals surface area contributed by atoms with Gasteiger partial charge < -0.3 is 5.32 Å². The van der Waals surface area contributed by atoms with Crippen LogP contribution in [0.2, 0.25) is 0 Å². The first kappa shape index (κ1) is 17.0. The second-order valence-electron chi connectivity index (χ2n) is 6.12. The fourth-order valence-corrected chi connectivity index (χ4v) is 3.32. The number of carbonyl (C=O) groups is 1. The number of nitrogens with zero attached hydrogens (tertiary/aromatic N) is 2. The normalized spacial score (nSPS) is 20.4. The molecule has 6 nitrogen and oxygen atoms in total. The van der Waals surface area contributed by atoms with Gasteiger partial charge in [0.15, 0.2) is 0 Å². The van der Waals surface area contributed by atoms with Crippen LogP contribution >= 0.6 is 0 Å². The SMILES string of the molecule is CN1CC[C@@H](NC(=O)c2ccccc2[N+](=O)[O-])[C@@H]1c1ccc(F)cc1. The summed E-state index contributed by atoms with van der Waals surface area (Å²) in [5, 5.41) is 14.0. The van der Waals surface area contributed by atoms with Crippen molar-refractivity contribution in [2.45, 2.75) is 18.5 Å². The van der Waals surface area contributed by atoms with Gasteiger partial charge in [0, 0.05) is 12.6 Å². The lowest BCUT2D eigenvalue weighted by atomic mass is 9.99. The van der Waals surface area contributed by atoms with Crippen molar-refractivity contribution >= 4 is 11.6 Å². The summed E-state index contributed by atoms with van der Waals surface area (Å²) in [4.78, 5) is 25.2. The van der Waals surface area contributed by atoms with Crippen LogP contribution in [0.25, 0.3) is 0 Å². The summed E-state index contributed by atoms with van der Waals surface area (Å²) in [6.45, 7) is 0.768. The third-order valence-corrected chi connectivity index (χ3v) is 4.52. The van der Waals surface area contributed by atoms with E-state index in [4.69, 9.17) is 0 Å². The number of hydrogen-bond donors (Lipinski definition) is 1. The maximum atomic E-state index is 13.2. The van der Waals surface area contributed by atoms with Crippen LogP contribution in [0.4, 0.5) is 10.1 Å². The number of nitro benzene ring substituents is 1. The van der Waals surface area contributed by atoms with Gasteiger partial charge in [0.1, 0.15) is 11.4 Å². The highest BCUT2D eigenvalue weighted by Crippen LogP contribution is 2.31. The van der Waals surface area contributed by atoms with E-state index in [2.05, 4.69) is 10.2 Å². The Morgan fingerprint density at radius 2 is 1.92 bits per heavy atom. The Kier molecular flexibility index (Phi) is 4.76. The van der Waals surface area contributed by atoms with Gasteiger partial charge in [-0.3, -0.25) is 19.8 Å². The highest BCUT2D eigenvalue weighted by atomic mass is 19.1. The molecule has 0 spiro atoms. The Morgan fingerprint density at radius 3 is 2.60 bits per heavy atom. The third-order valence-electron chi connectivity index (χ3n) is 4.52. The van der Waals surface area contributed by atoms with Crippen LogP contribution in [0.15, 0.2) is 48.5 Å². The molecule has 0 aromatic heterocycles. The summed E-state index contributed by atoms with van der Waals surface area (Å²) in [5.74, 6) is -0.787. The van der Waals surface area contributed by atoms with Gasteiger partial charge in [-0.15, -0.1) is 0 Å². The number of likely N-dealkylation sites (tertiary alicyclic amines) is 1. The molecule has 130 valence electrons. The van der Waals surface area contributed by atoms with Gasteiger partial charge in [0.2, 0.25) is 0 Å². The number of para-hydroxylation sites is 1. The smallest absolute Gasteiger partial charge is 0.282 e. The molecule has 1 aliphatic heterocycles. The van der Waals surface area contributed by atoms with E-state index in [9.17, 15) is 19.3 Å². The molecule has 7 heteroatoms. The summed E-state index contributed by atoms with van der Waals surface area (Å²) in [7, 11) is 1.94. The molecule has 0 radical (unpaired) electrons. The molecule has 1 N–H and O–H groups in total. The van der Waals surface area contributed by atoms with Crippen LogP contribution in [0, 0.1) is 15.9 Å². The lowest BCUT2D eigenvalue weighted by Crippen LogP contribution is -2.39. The number of benzene rings is 2. The van der Waals surface area contributed by atoms with Gasteiger partial charge in [-0.25, -0.2) is 4.39 Å². The topological polar surface area (TPSA) is 75.5 Å². The summed E-state index contributed by atoms with van der Waals surface area (Å²) >= 11 is 0. The first-order valence-corrected chi connectivity index (χ1v) is 7.97. The van der Waals surface area contributed by atoms with Gasteiger partial charge in [0.25, 0.3) is 11.6 Å². The lowest BCUT2D eigenvalue weighted by molar-refractivity contribution is -0.385. The van der Waals surface area contributed by atoms with E-state index in [-0.39, 0.29) is 29.2 Å². The van der Waals surface area contributed by atoms with E-state index in [1.807, 2.05) is 7.05 Å². The largest absolute Gasteiger partial charge is 0.347 e. The summed E-state index contributed by atoms with van der Waals surface area (Å²) in [6, 6.07) is 11.8. The molecule has 3 rings (SSSR count). The molecule has 0 unspecified atom stereocenters. The van der Waals surface area contributed by atoms with Gasteiger partial charge in [-0.05, 0) is 37.2 Å². The van der Waals surface area contributed by atoms with Crippen LogP contribution < -0.4 is 5.32 Å². The monoisotopic (exact) mass is 343 g/mol. The number of carbonyl (C=O) groups excluding carboxylic acids is 1. The summed E-state index contributed by atoms with van der Waals surface area (Å²) in [6.07, 6.45) is 0.713. The van der Waals surface area contributed by atoms with Gasteiger partial charge in [-0.1, -0.05) is 24.3 Å². The lowest BCUT2D eigenvalue weighted by Gasteiger charge is -2.26. The zero-order valence-electron chi connectivity index (χ0n) is 13.7. The van der Waals surface area contributed by atoms with Crippen LogP contribution in [0.1, 0.15) is 28.4 Å². The highest BCUT2D eigenvalue weighted by molar-refractivity contribution is 5.98. The van der Waals surface area contributed by atoms with Crippen LogP contribution in [0.5, 0.6) is 0 Å². The van der Waals surface area contributed by atoms with Crippen molar-refractivity contribution in [2.24, 2.45) is 0 Å². The van der Waals surface area contributed by atoms with E-state index in [1.165, 1.54) is 30.3 Å². The van der Waals surface area contributed by atoms with Crippen LogP contribution in [-0.2, 0) is 0 Å². The predicted molar refractivity (Wildman–Crippen MR) is 90.7 cm³/mol. The third kappa shape index (κ3) is 3.51. The number of halogens is 1. The average Bonchev–Trinajstić information content (AvgIpc) is 2.96. The molecule has 2 atom stereocenters. The number of hydrogen-bond acceptors (Lipinski definition) is 4. The molecule has 0 saturated carbocycles. The van der Waals surface area contributed by atoms with Gasteiger partial charge in [0.05, 0.1) is 17.0 Å². The minimum Gasteiger partial charge on any atom is -0.347 e. The van der Waals surface area contributed by atoms with Crippen molar-refractivity contribution in [1.29, 1.82) is 0 Å². The summed E-state index contributed by atoms with van der Waals surface area (Å²) in [5.41, 5.74) is 0.721. The van der Waals surface area contributed by atoms with Crippen LogP contribution in [0.3, 0.4) is 0 Å². The minimum atomic E-state index is -0.562. The Morgan fingerprint density at radius 1 is 1.24 bits per heavy atom. The molecule has 1 aliphatic rings. The second-order valence-corrected chi connectivity index (χ2v) is 6.12. The Balaban J connectivity index is 1.83. The molecule has 1 amide bonds. The average molecular weight is 343 g/mol. The van der Waals surface area contributed by atoms with Gasteiger partial charge >= 0.3 is 0 Å². The van der Waals surface area contributed by atoms with E-state index in [1.54, 1.807) is 18.2 Å². The Labute approximate surface area is 144 Å². The number of nitro groups is 1. The number of amides is 1. The fraction of sp³-hybridized carbons (Fsp3) is 0.278. The zero-order chi connectivity index (χ0) is 18.0. The van der Waals surface area contributed by atoms with E-state index in [0.29, 0.717) is 6.42 Å². The quantitative estimate of drug-likeness (QED) is 0.684. The van der Waals surface area contributed by atoms with Crippen molar-refractivity contribution in [3.8, 4) is 0 Å². The number of nitrogens with one attached hydrogen (secondary N) is 1. The first-order valence-electron chi connectivity index (χ1n) is 7.97. The molecule has 0 aliphatic carbocycles. The molecule has 2 aromatic carbocycles. The minimum absolute atomic E-state index is 0.0416. The molecule has 1 saturated heterocycles.